The standard InChI is InChI=1S/C8H5F6N.C6H5Cl2N/c9-7(10,11)4-1-5(8(12,13)14)3-6(15)2-4;7-4-1-2-5(8)6(9)3-4/h1-3H,15H2;1-3H,9H2. The van der Waals surface area contributed by atoms with Gasteiger partial charge in [-0.15, -0.1) is 0 Å². The van der Waals surface area contributed by atoms with E-state index in [9.17, 15) is 26.3 Å². The lowest BCUT2D eigenvalue weighted by Crippen LogP contribution is -2.11. The van der Waals surface area contributed by atoms with Crippen LogP contribution in [0.15, 0.2) is 36.4 Å². The predicted octanol–water partition coefficient (Wildman–Crippen LogP) is 5.88. The largest absolute Gasteiger partial charge is 0.416 e. The third-order valence-electron chi connectivity index (χ3n) is 2.57. The van der Waals surface area contributed by atoms with Crippen LogP contribution in [-0.2, 0) is 12.4 Å². The number of rotatable bonds is 0. The van der Waals surface area contributed by atoms with E-state index in [4.69, 9.17) is 34.7 Å². The van der Waals surface area contributed by atoms with Crippen molar-refractivity contribution in [3.8, 4) is 0 Å². The smallest absolute Gasteiger partial charge is 0.399 e. The molecule has 0 aliphatic heterocycles. The molecule has 10 heteroatoms. The average Bonchev–Trinajstić information content (AvgIpc) is 2.41. The molecule has 2 rings (SSSR count). The molecule has 2 nitrogen and oxygen atoms in total. The summed E-state index contributed by atoms with van der Waals surface area (Å²) in [6, 6.07) is 5.91. The van der Waals surface area contributed by atoms with Crippen LogP contribution in [0, 0.1) is 0 Å². The second kappa shape index (κ2) is 7.40. The Kier molecular flexibility index (Phi) is 6.24. The van der Waals surface area contributed by atoms with Crippen LogP contribution < -0.4 is 11.5 Å². The Hall–Kier alpha value is -1.80. The van der Waals surface area contributed by atoms with E-state index in [-0.39, 0.29) is 6.07 Å². The lowest BCUT2D eigenvalue weighted by Gasteiger charge is -2.12. The molecule has 0 aromatic heterocycles. The molecule has 0 fully saturated rings. The van der Waals surface area contributed by atoms with E-state index in [0.717, 1.165) is 0 Å². The van der Waals surface area contributed by atoms with Gasteiger partial charge in [0, 0.05) is 10.7 Å². The second-order valence-corrected chi connectivity index (χ2v) is 5.35. The molecule has 0 heterocycles. The van der Waals surface area contributed by atoms with E-state index in [1.807, 2.05) is 0 Å². The number of nitrogens with two attached hydrogens (primary N) is 2. The first-order valence-corrected chi connectivity index (χ1v) is 6.82. The lowest BCUT2D eigenvalue weighted by atomic mass is 10.1. The summed E-state index contributed by atoms with van der Waals surface area (Å²) in [7, 11) is 0. The number of hydrogen-bond donors (Lipinski definition) is 2. The fraction of sp³-hybridized carbons (Fsp3) is 0.143. The number of hydrogen-bond acceptors (Lipinski definition) is 2. The van der Waals surface area contributed by atoms with Crippen LogP contribution in [0.4, 0.5) is 37.7 Å². The van der Waals surface area contributed by atoms with Gasteiger partial charge < -0.3 is 11.5 Å². The van der Waals surface area contributed by atoms with Gasteiger partial charge in [0.05, 0.1) is 21.8 Å². The van der Waals surface area contributed by atoms with Crippen molar-refractivity contribution in [3.05, 3.63) is 57.6 Å². The quantitative estimate of drug-likeness (QED) is 0.435. The molecule has 132 valence electrons. The van der Waals surface area contributed by atoms with Gasteiger partial charge >= 0.3 is 12.4 Å². The molecule has 0 atom stereocenters. The van der Waals surface area contributed by atoms with Gasteiger partial charge in [0.25, 0.3) is 0 Å². The highest BCUT2D eigenvalue weighted by Crippen LogP contribution is 2.36. The summed E-state index contributed by atoms with van der Waals surface area (Å²) in [5.74, 6) is 0. The van der Waals surface area contributed by atoms with Crippen molar-refractivity contribution in [1.82, 2.24) is 0 Å². The minimum Gasteiger partial charge on any atom is -0.399 e. The zero-order chi connectivity index (χ0) is 18.7. The molecule has 2 aromatic carbocycles. The summed E-state index contributed by atoms with van der Waals surface area (Å²) in [5.41, 5.74) is 7.49. The fourth-order valence-corrected chi connectivity index (χ4v) is 1.79. The Morgan fingerprint density at radius 3 is 1.50 bits per heavy atom. The van der Waals surface area contributed by atoms with Crippen LogP contribution in [0.3, 0.4) is 0 Å². The molecule has 2 aromatic rings. The van der Waals surface area contributed by atoms with Crippen LogP contribution in [-0.4, -0.2) is 0 Å². The van der Waals surface area contributed by atoms with Crippen LogP contribution in [0.25, 0.3) is 0 Å². The molecular weight excluding hydrogens is 381 g/mol. The maximum absolute atomic E-state index is 12.1. The Morgan fingerprint density at radius 2 is 1.17 bits per heavy atom. The third-order valence-corrected chi connectivity index (χ3v) is 3.15. The van der Waals surface area contributed by atoms with Crippen LogP contribution >= 0.6 is 23.2 Å². The van der Waals surface area contributed by atoms with Gasteiger partial charge in [-0.1, -0.05) is 23.2 Å². The zero-order valence-electron chi connectivity index (χ0n) is 11.6. The Morgan fingerprint density at radius 1 is 0.708 bits per heavy atom. The van der Waals surface area contributed by atoms with Gasteiger partial charge in [0.15, 0.2) is 0 Å². The van der Waals surface area contributed by atoms with Crippen molar-refractivity contribution in [1.29, 1.82) is 0 Å². The van der Waals surface area contributed by atoms with Crippen molar-refractivity contribution in [2.75, 3.05) is 11.5 Å². The number of benzene rings is 2. The van der Waals surface area contributed by atoms with Crippen LogP contribution in [0.5, 0.6) is 0 Å². The molecule has 0 radical (unpaired) electrons. The molecular formula is C14H10Cl2F6N2. The van der Waals surface area contributed by atoms with E-state index in [0.29, 0.717) is 27.9 Å². The summed E-state index contributed by atoms with van der Waals surface area (Å²) in [4.78, 5) is 0. The van der Waals surface area contributed by atoms with E-state index in [1.54, 1.807) is 18.2 Å². The first-order chi connectivity index (χ1) is 10.8. The van der Waals surface area contributed by atoms with Gasteiger partial charge in [-0.05, 0) is 36.4 Å². The molecule has 24 heavy (non-hydrogen) atoms. The Balaban J connectivity index is 0.000000272. The maximum atomic E-state index is 12.1. The summed E-state index contributed by atoms with van der Waals surface area (Å²) in [6.07, 6.45) is -9.68. The number of halogens is 8. The SMILES string of the molecule is Nc1cc(C(F)(F)F)cc(C(F)(F)F)c1.Nc1cc(Cl)ccc1Cl. The predicted molar refractivity (Wildman–Crippen MR) is 81.7 cm³/mol. The zero-order valence-corrected chi connectivity index (χ0v) is 13.2. The first-order valence-electron chi connectivity index (χ1n) is 6.06. The number of nitrogen functional groups attached to an aromatic ring is 2. The highest BCUT2D eigenvalue weighted by Gasteiger charge is 2.36. The van der Waals surface area contributed by atoms with Crippen molar-refractivity contribution >= 4 is 34.6 Å². The van der Waals surface area contributed by atoms with Crippen molar-refractivity contribution in [3.63, 3.8) is 0 Å². The highest BCUT2D eigenvalue weighted by atomic mass is 35.5. The molecule has 0 saturated heterocycles. The number of alkyl halides is 6. The molecule has 0 aliphatic rings. The molecule has 0 spiro atoms. The molecule has 0 amide bonds. The van der Waals surface area contributed by atoms with Crippen molar-refractivity contribution in [2.24, 2.45) is 0 Å². The summed E-state index contributed by atoms with van der Waals surface area (Å²) in [5, 5.41) is 1.15. The average molecular weight is 391 g/mol. The lowest BCUT2D eigenvalue weighted by molar-refractivity contribution is -0.143. The monoisotopic (exact) mass is 390 g/mol. The topological polar surface area (TPSA) is 52.0 Å². The third kappa shape index (κ3) is 6.01. The van der Waals surface area contributed by atoms with Gasteiger partial charge in [-0.3, -0.25) is 0 Å². The molecule has 0 aliphatic carbocycles. The molecule has 4 N–H and O–H groups in total. The first kappa shape index (κ1) is 20.2. The normalized spacial score (nSPS) is 11.7. The minimum absolute atomic E-state index is 0.0242. The molecule has 0 bridgehead atoms. The maximum Gasteiger partial charge on any atom is 0.416 e. The van der Waals surface area contributed by atoms with Gasteiger partial charge in [0.2, 0.25) is 0 Å². The highest BCUT2D eigenvalue weighted by molar-refractivity contribution is 6.35. The number of anilines is 2. The second-order valence-electron chi connectivity index (χ2n) is 4.51. The van der Waals surface area contributed by atoms with Gasteiger partial charge in [-0.25, -0.2) is 0 Å². The Bertz CT molecular complexity index is 681. The van der Waals surface area contributed by atoms with Gasteiger partial charge in [0.1, 0.15) is 0 Å². The van der Waals surface area contributed by atoms with Crippen molar-refractivity contribution in [2.45, 2.75) is 12.4 Å². The van der Waals surface area contributed by atoms with E-state index in [1.165, 1.54) is 0 Å². The van der Waals surface area contributed by atoms with Crippen LogP contribution in [0.1, 0.15) is 11.1 Å². The Labute approximate surface area is 143 Å². The van der Waals surface area contributed by atoms with E-state index in [2.05, 4.69) is 0 Å². The van der Waals surface area contributed by atoms with E-state index >= 15 is 0 Å². The van der Waals surface area contributed by atoms with E-state index < -0.39 is 29.2 Å². The molecule has 0 saturated carbocycles. The fourth-order valence-electron chi connectivity index (χ4n) is 1.49. The summed E-state index contributed by atoms with van der Waals surface area (Å²) >= 11 is 11.2. The van der Waals surface area contributed by atoms with Gasteiger partial charge in [-0.2, -0.15) is 26.3 Å². The minimum atomic E-state index is -4.84. The summed E-state index contributed by atoms with van der Waals surface area (Å²) in [6.45, 7) is 0. The summed E-state index contributed by atoms with van der Waals surface area (Å²) < 4.78 is 72.7. The molecule has 0 unspecified atom stereocenters. The van der Waals surface area contributed by atoms with Crippen LogP contribution in [0.2, 0.25) is 10.0 Å². The van der Waals surface area contributed by atoms with Crippen molar-refractivity contribution < 1.29 is 26.3 Å².